The molecule has 1 aromatic heterocycles. The lowest BCUT2D eigenvalue weighted by Gasteiger charge is -2.19. The zero-order valence-electron chi connectivity index (χ0n) is 7.42. The molecule has 64 valence electrons. The summed E-state index contributed by atoms with van der Waals surface area (Å²) in [7, 11) is 1.74. The fraction of sp³-hybridized carbons (Fsp3) is 0.400. The number of fused-ring (bicyclic) bond motifs is 1. The van der Waals surface area contributed by atoms with Crippen molar-refractivity contribution in [3.05, 3.63) is 29.3 Å². The topological polar surface area (TPSA) is 25.0 Å². The van der Waals surface area contributed by atoms with Gasteiger partial charge < -0.3 is 9.72 Å². The van der Waals surface area contributed by atoms with Gasteiger partial charge in [-0.3, -0.25) is 0 Å². The van der Waals surface area contributed by atoms with E-state index in [9.17, 15) is 0 Å². The second kappa shape index (κ2) is 2.70. The number of ether oxygens (including phenoxy) is 1. The van der Waals surface area contributed by atoms with Crippen LogP contribution >= 0.6 is 0 Å². The van der Waals surface area contributed by atoms with Crippen LogP contribution in [0, 0.1) is 5.92 Å². The molecule has 2 rings (SSSR count). The van der Waals surface area contributed by atoms with Crippen LogP contribution in [-0.4, -0.2) is 12.1 Å². The molecule has 1 N–H and O–H groups in total. The number of methoxy groups -OCH3 is 1. The highest BCUT2D eigenvalue weighted by Gasteiger charge is 2.18. The molecule has 1 aliphatic rings. The third kappa shape index (κ3) is 1.04. The van der Waals surface area contributed by atoms with Crippen molar-refractivity contribution in [3.63, 3.8) is 0 Å². The van der Waals surface area contributed by atoms with Gasteiger partial charge in [0.05, 0.1) is 12.9 Å². The molecule has 0 saturated heterocycles. The average Bonchev–Trinajstić information content (AvgIpc) is 2.49. The van der Waals surface area contributed by atoms with Gasteiger partial charge in [-0.2, -0.15) is 0 Å². The minimum Gasteiger partial charge on any atom is -0.501 e. The molecule has 0 aromatic carbocycles. The number of hydrogen-bond acceptors (Lipinski definition) is 1. The number of aromatic nitrogens is 1. The first-order valence-electron chi connectivity index (χ1n) is 4.23. The quantitative estimate of drug-likeness (QED) is 0.674. The van der Waals surface area contributed by atoms with E-state index in [-0.39, 0.29) is 0 Å². The lowest BCUT2D eigenvalue weighted by molar-refractivity contribution is 0.248. The fourth-order valence-corrected chi connectivity index (χ4v) is 1.69. The van der Waals surface area contributed by atoms with E-state index >= 15 is 0 Å². The van der Waals surface area contributed by atoms with Crippen molar-refractivity contribution in [1.82, 2.24) is 4.98 Å². The maximum atomic E-state index is 5.28. The molecule has 12 heavy (non-hydrogen) atoms. The van der Waals surface area contributed by atoms with Gasteiger partial charge in [0, 0.05) is 17.8 Å². The molecule has 1 aromatic rings. The Bertz CT molecular complexity index is 311. The van der Waals surface area contributed by atoms with Crippen LogP contribution in [0.5, 0.6) is 0 Å². The summed E-state index contributed by atoms with van der Waals surface area (Å²) in [5, 5.41) is 0. The van der Waals surface area contributed by atoms with Crippen LogP contribution in [-0.2, 0) is 11.2 Å². The van der Waals surface area contributed by atoms with E-state index in [0.717, 1.165) is 12.2 Å². The van der Waals surface area contributed by atoms with Gasteiger partial charge in [-0.25, -0.2) is 0 Å². The largest absolute Gasteiger partial charge is 0.501 e. The molecular weight excluding hydrogens is 150 g/mol. The van der Waals surface area contributed by atoms with Crippen LogP contribution in [0.4, 0.5) is 0 Å². The minimum absolute atomic E-state index is 0.501. The van der Waals surface area contributed by atoms with Crippen molar-refractivity contribution in [2.24, 2.45) is 5.92 Å². The molecule has 2 heteroatoms. The van der Waals surface area contributed by atoms with E-state index < -0.39 is 0 Å². The number of aromatic amines is 1. The molecule has 0 saturated carbocycles. The molecule has 0 radical (unpaired) electrons. The van der Waals surface area contributed by atoms with Crippen LogP contribution in [0.15, 0.2) is 18.0 Å². The highest BCUT2D eigenvalue weighted by Crippen LogP contribution is 2.27. The van der Waals surface area contributed by atoms with E-state index in [4.69, 9.17) is 4.74 Å². The zero-order valence-corrected chi connectivity index (χ0v) is 7.42. The van der Waals surface area contributed by atoms with Crippen molar-refractivity contribution in [2.45, 2.75) is 13.3 Å². The molecule has 1 heterocycles. The zero-order chi connectivity index (χ0) is 8.55. The Morgan fingerprint density at radius 2 is 2.42 bits per heavy atom. The molecule has 1 atom stereocenters. The molecule has 0 aliphatic heterocycles. The molecule has 0 amide bonds. The van der Waals surface area contributed by atoms with Crippen molar-refractivity contribution < 1.29 is 4.74 Å². The second-order valence-electron chi connectivity index (χ2n) is 3.27. The molecule has 0 bridgehead atoms. The number of hydrogen-bond donors (Lipinski definition) is 1. The van der Waals surface area contributed by atoms with Gasteiger partial charge in [0.15, 0.2) is 0 Å². The van der Waals surface area contributed by atoms with Gasteiger partial charge in [-0.05, 0) is 24.1 Å². The lowest BCUT2D eigenvalue weighted by Crippen LogP contribution is -2.10. The third-order valence-electron chi connectivity index (χ3n) is 2.40. The van der Waals surface area contributed by atoms with E-state index in [1.165, 1.54) is 11.3 Å². The van der Waals surface area contributed by atoms with Crippen LogP contribution in [0.2, 0.25) is 0 Å². The monoisotopic (exact) mass is 163 g/mol. The van der Waals surface area contributed by atoms with Crippen molar-refractivity contribution >= 4 is 6.08 Å². The number of nitrogens with one attached hydrogen (secondary N) is 1. The summed E-state index contributed by atoms with van der Waals surface area (Å²) < 4.78 is 5.28. The van der Waals surface area contributed by atoms with Gasteiger partial charge in [-0.15, -0.1) is 0 Å². The van der Waals surface area contributed by atoms with E-state index in [0.29, 0.717) is 5.92 Å². The maximum absolute atomic E-state index is 5.28. The van der Waals surface area contributed by atoms with Crippen molar-refractivity contribution in [3.8, 4) is 0 Å². The van der Waals surface area contributed by atoms with Crippen LogP contribution < -0.4 is 0 Å². The second-order valence-corrected chi connectivity index (χ2v) is 3.27. The predicted octanol–water partition coefficient (Wildman–Crippen LogP) is 2.19. The number of rotatable bonds is 1. The highest BCUT2D eigenvalue weighted by molar-refractivity contribution is 5.57. The van der Waals surface area contributed by atoms with E-state index in [1.807, 2.05) is 6.20 Å². The summed E-state index contributed by atoms with van der Waals surface area (Å²) in [6, 6.07) is 2.08. The summed E-state index contributed by atoms with van der Waals surface area (Å²) in [6.07, 6.45) is 5.15. The molecular formula is C10H13NO. The first-order chi connectivity index (χ1) is 5.81. The first kappa shape index (κ1) is 7.47. The standard InChI is InChI=1S/C10H13NO/c1-7-5-9-8(3-4-11-9)6-10(7)12-2/h3-4,6-7,11H,5H2,1-2H3. The lowest BCUT2D eigenvalue weighted by atomic mass is 9.94. The van der Waals surface area contributed by atoms with Gasteiger partial charge in [-0.1, -0.05) is 6.92 Å². The van der Waals surface area contributed by atoms with Crippen LogP contribution in [0.1, 0.15) is 18.2 Å². The summed E-state index contributed by atoms with van der Waals surface area (Å²) >= 11 is 0. The maximum Gasteiger partial charge on any atom is 0.0993 e. The Balaban J connectivity index is 2.40. The fourth-order valence-electron chi connectivity index (χ4n) is 1.69. The van der Waals surface area contributed by atoms with Gasteiger partial charge in [0.1, 0.15) is 0 Å². The van der Waals surface area contributed by atoms with E-state index in [2.05, 4.69) is 24.1 Å². The summed E-state index contributed by atoms with van der Waals surface area (Å²) in [6.45, 7) is 2.18. The Kier molecular flexibility index (Phi) is 1.68. The van der Waals surface area contributed by atoms with Crippen molar-refractivity contribution in [2.75, 3.05) is 7.11 Å². The van der Waals surface area contributed by atoms with Crippen LogP contribution in [0.25, 0.3) is 6.08 Å². The normalized spacial score (nSPS) is 21.5. The SMILES string of the molecule is COC1=Cc2cc[nH]c2CC1C. The van der Waals surface area contributed by atoms with Gasteiger partial charge in [0.25, 0.3) is 0 Å². The smallest absolute Gasteiger partial charge is 0.0993 e. The average molecular weight is 163 g/mol. The predicted molar refractivity (Wildman–Crippen MR) is 48.6 cm³/mol. The van der Waals surface area contributed by atoms with Gasteiger partial charge in [0.2, 0.25) is 0 Å². The summed E-state index contributed by atoms with van der Waals surface area (Å²) in [4.78, 5) is 3.23. The summed E-state index contributed by atoms with van der Waals surface area (Å²) in [5.74, 6) is 1.59. The number of allylic oxidation sites excluding steroid dienone is 1. The van der Waals surface area contributed by atoms with Crippen LogP contribution in [0.3, 0.4) is 0 Å². The Morgan fingerprint density at radius 3 is 3.17 bits per heavy atom. The molecule has 2 nitrogen and oxygen atoms in total. The van der Waals surface area contributed by atoms with Crippen molar-refractivity contribution in [1.29, 1.82) is 0 Å². The molecule has 0 fully saturated rings. The summed E-state index contributed by atoms with van der Waals surface area (Å²) in [5.41, 5.74) is 2.59. The van der Waals surface area contributed by atoms with E-state index in [1.54, 1.807) is 7.11 Å². The highest BCUT2D eigenvalue weighted by atomic mass is 16.5. The molecule has 1 unspecified atom stereocenters. The Hall–Kier alpha value is -1.18. The Labute approximate surface area is 72.2 Å². The van der Waals surface area contributed by atoms with Gasteiger partial charge >= 0.3 is 0 Å². The minimum atomic E-state index is 0.501. The Morgan fingerprint density at radius 1 is 1.58 bits per heavy atom. The molecule has 0 spiro atoms. The third-order valence-corrected chi connectivity index (χ3v) is 2.40. The molecule has 1 aliphatic carbocycles. The first-order valence-corrected chi connectivity index (χ1v) is 4.23. The number of H-pyrrole nitrogens is 1.